The lowest BCUT2D eigenvalue weighted by molar-refractivity contribution is 0.649. The van der Waals surface area contributed by atoms with Crippen LogP contribution in [0, 0.1) is 0 Å². The third-order valence-corrected chi connectivity index (χ3v) is 2.68. The molecule has 2 rings (SSSR count). The first kappa shape index (κ1) is 9.36. The zero-order valence-corrected chi connectivity index (χ0v) is 8.74. The van der Waals surface area contributed by atoms with Crippen molar-refractivity contribution >= 4 is 11.3 Å². The lowest BCUT2D eigenvalue weighted by Crippen LogP contribution is -2.05. The van der Waals surface area contributed by atoms with Gasteiger partial charge in [-0.25, -0.2) is 4.68 Å². The molecule has 0 aromatic carbocycles. The van der Waals surface area contributed by atoms with E-state index >= 15 is 0 Å². The highest BCUT2D eigenvalue weighted by Gasteiger charge is 2.05. The van der Waals surface area contributed by atoms with Crippen LogP contribution >= 0.6 is 11.3 Å². The standard InChI is InChI=1S/C9H12N4S/c1-7(10)9-5-13(12-11-9)4-8-2-3-14-6-8/h2-3,5-7H,4,10H2,1H3/t7-/m1/s1. The van der Waals surface area contributed by atoms with Crippen molar-refractivity contribution < 1.29 is 0 Å². The fourth-order valence-electron chi connectivity index (χ4n) is 1.17. The van der Waals surface area contributed by atoms with Crippen LogP contribution < -0.4 is 5.73 Å². The van der Waals surface area contributed by atoms with Crippen LogP contribution in [0.5, 0.6) is 0 Å². The summed E-state index contributed by atoms with van der Waals surface area (Å²) in [4.78, 5) is 0. The predicted octanol–water partition coefficient (Wildman–Crippen LogP) is 1.41. The minimum absolute atomic E-state index is 0.0498. The summed E-state index contributed by atoms with van der Waals surface area (Å²) in [6.07, 6.45) is 1.89. The van der Waals surface area contributed by atoms with Gasteiger partial charge in [-0.2, -0.15) is 11.3 Å². The van der Waals surface area contributed by atoms with Gasteiger partial charge in [0, 0.05) is 6.04 Å². The fraction of sp³-hybridized carbons (Fsp3) is 0.333. The maximum atomic E-state index is 5.69. The molecule has 0 fully saturated rings. The van der Waals surface area contributed by atoms with Gasteiger partial charge in [0.25, 0.3) is 0 Å². The van der Waals surface area contributed by atoms with E-state index in [2.05, 4.69) is 27.1 Å². The summed E-state index contributed by atoms with van der Waals surface area (Å²) < 4.78 is 1.81. The van der Waals surface area contributed by atoms with E-state index in [1.54, 1.807) is 16.0 Å². The van der Waals surface area contributed by atoms with E-state index in [1.807, 2.05) is 13.1 Å². The van der Waals surface area contributed by atoms with Crippen molar-refractivity contribution in [2.75, 3.05) is 0 Å². The van der Waals surface area contributed by atoms with Gasteiger partial charge in [0.2, 0.25) is 0 Å². The molecule has 1 atom stereocenters. The Hall–Kier alpha value is -1.20. The smallest absolute Gasteiger partial charge is 0.0991 e. The van der Waals surface area contributed by atoms with Crippen LogP contribution in [0.3, 0.4) is 0 Å². The first-order valence-electron chi connectivity index (χ1n) is 4.42. The van der Waals surface area contributed by atoms with Crippen LogP contribution in [-0.4, -0.2) is 15.0 Å². The van der Waals surface area contributed by atoms with Crippen molar-refractivity contribution in [2.24, 2.45) is 5.73 Å². The first-order valence-corrected chi connectivity index (χ1v) is 5.36. The van der Waals surface area contributed by atoms with Crippen molar-refractivity contribution in [3.63, 3.8) is 0 Å². The Labute approximate surface area is 86.4 Å². The molecule has 0 aliphatic rings. The molecular weight excluding hydrogens is 196 g/mol. The lowest BCUT2D eigenvalue weighted by atomic mass is 10.3. The normalized spacial score (nSPS) is 13.0. The van der Waals surface area contributed by atoms with Crippen molar-refractivity contribution in [3.05, 3.63) is 34.3 Å². The second kappa shape index (κ2) is 3.89. The van der Waals surface area contributed by atoms with Crippen LogP contribution in [0.2, 0.25) is 0 Å². The van der Waals surface area contributed by atoms with Crippen LogP contribution in [-0.2, 0) is 6.54 Å². The molecule has 2 aromatic rings. The molecule has 0 amide bonds. The molecule has 0 radical (unpaired) electrons. The van der Waals surface area contributed by atoms with Crippen LogP contribution in [0.25, 0.3) is 0 Å². The highest BCUT2D eigenvalue weighted by molar-refractivity contribution is 7.07. The van der Waals surface area contributed by atoms with Crippen molar-refractivity contribution in [1.29, 1.82) is 0 Å². The second-order valence-electron chi connectivity index (χ2n) is 3.26. The molecular formula is C9H12N4S. The number of thiophene rings is 1. The Kier molecular flexibility index (Phi) is 2.60. The Bertz CT molecular complexity index is 391. The quantitative estimate of drug-likeness (QED) is 0.829. The fourth-order valence-corrected chi connectivity index (χ4v) is 1.83. The van der Waals surface area contributed by atoms with Crippen LogP contribution in [0.1, 0.15) is 24.2 Å². The number of hydrogen-bond donors (Lipinski definition) is 1. The van der Waals surface area contributed by atoms with Gasteiger partial charge in [-0.15, -0.1) is 5.10 Å². The van der Waals surface area contributed by atoms with E-state index in [1.165, 1.54) is 5.56 Å². The highest BCUT2D eigenvalue weighted by Crippen LogP contribution is 2.09. The molecule has 4 nitrogen and oxygen atoms in total. The molecule has 0 spiro atoms. The summed E-state index contributed by atoms with van der Waals surface area (Å²) in [6.45, 7) is 2.67. The molecule has 2 heterocycles. The Morgan fingerprint density at radius 2 is 2.50 bits per heavy atom. The molecule has 2 aromatic heterocycles. The number of hydrogen-bond acceptors (Lipinski definition) is 4. The molecule has 0 saturated carbocycles. The molecule has 0 bridgehead atoms. The van der Waals surface area contributed by atoms with Gasteiger partial charge in [-0.05, 0) is 29.3 Å². The third kappa shape index (κ3) is 2.00. The lowest BCUT2D eigenvalue weighted by Gasteiger charge is -1.97. The van der Waals surface area contributed by atoms with E-state index < -0.39 is 0 Å². The Morgan fingerprint density at radius 3 is 3.07 bits per heavy atom. The van der Waals surface area contributed by atoms with E-state index in [-0.39, 0.29) is 6.04 Å². The van der Waals surface area contributed by atoms with Gasteiger partial charge in [0.1, 0.15) is 0 Å². The summed E-state index contributed by atoms with van der Waals surface area (Å²) in [5.41, 5.74) is 7.77. The molecule has 14 heavy (non-hydrogen) atoms. The van der Waals surface area contributed by atoms with Gasteiger partial charge in [-0.1, -0.05) is 5.21 Å². The molecule has 0 aliphatic carbocycles. The number of nitrogens with two attached hydrogens (primary N) is 1. The van der Waals surface area contributed by atoms with Crippen LogP contribution in [0.4, 0.5) is 0 Å². The first-order chi connectivity index (χ1) is 6.75. The molecule has 0 saturated heterocycles. The zero-order valence-electron chi connectivity index (χ0n) is 7.92. The summed E-state index contributed by atoms with van der Waals surface area (Å²) in [7, 11) is 0. The highest BCUT2D eigenvalue weighted by atomic mass is 32.1. The minimum atomic E-state index is -0.0498. The van der Waals surface area contributed by atoms with Gasteiger partial charge in [-0.3, -0.25) is 0 Å². The van der Waals surface area contributed by atoms with E-state index in [0.717, 1.165) is 12.2 Å². The topological polar surface area (TPSA) is 56.7 Å². The zero-order chi connectivity index (χ0) is 9.97. The molecule has 5 heteroatoms. The van der Waals surface area contributed by atoms with E-state index in [0.29, 0.717) is 0 Å². The average molecular weight is 208 g/mol. The van der Waals surface area contributed by atoms with Crippen molar-refractivity contribution in [3.8, 4) is 0 Å². The second-order valence-corrected chi connectivity index (χ2v) is 4.04. The average Bonchev–Trinajstić information content (AvgIpc) is 2.75. The Morgan fingerprint density at radius 1 is 1.64 bits per heavy atom. The van der Waals surface area contributed by atoms with Gasteiger partial charge in [0.15, 0.2) is 0 Å². The van der Waals surface area contributed by atoms with E-state index in [4.69, 9.17) is 5.73 Å². The summed E-state index contributed by atoms with van der Waals surface area (Å²) in [5, 5.41) is 12.1. The van der Waals surface area contributed by atoms with Crippen LogP contribution in [0.15, 0.2) is 23.0 Å². The van der Waals surface area contributed by atoms with Gasteiger partial charge in [0.05, 0.1) is 18.4 Å². The van der Waals surface area contributed by atoms with Crippen molar-refractivity contribution in [2.45, 2.75) is 19.5 Å². The van der Waals surface area contributed by atoms with Gasteiger partial charge >= 0.3 is 0 Å². The minimum Gasteiger partial charge on any atom is -0.323 e. The molecule has 0 unspecified atom stereocenters. The summed E-state index contributed by atoms with van der Waals surface area (Å²) in [5.74, 6) is 0. The predicted molar refractivity (Wildman–Crippen MR) is 56.0 cm³/mol. The van der Waals surface area contributed by atoms with E-state index in [9.17, 15) is 0 Å². The molecule has 0 aliphatic heterocycles. The maximum Gasteiger partial charge on any atom is 0.0991 e. The Balaban J connectivity index is 2.11. The molecule has 74 valence electrons. The van der Waals surface area contributed by atoms with Crippen molar-refractivity contribution in [1.82, 2.24) is 15.0 Å². The number of aromatic nitrogens is 3. The number of rotatable bonds is 3. The monoisotopic (exact) mass is 208 g/mol. The maximum absolute atomic E-state index is 5.69. The summed E-state index contributed by atoms with van der Waals surface area (Å²) >= 11 is 1.69. The SMILES string of the molecule is C[C@@H](N)c1cn(Cc2ccsc2)nn1. The summed E-state index contributed by atoms with van der Waals surface area (Å²) in [6, 6.07) is 2.03. The third-order valence-electron chi connectivity index (χ3n) is 1.95. The number of nitrogens with zero attached hydrogens (tertiary/aromatic N) is 3. The van der Waals surface area contributed by atoms with Gasteiger partial charge < -0.3 is 5.73 Å². The molecule has 2 N–H and O–H groups in total. The largest absolute Gasteiger partial charge is 0.323 e.